The Morgan fingerprint density at radius 3 is 2.41 bits per heavy atom. The van der Waals surface area contributed by atoms with Gasteiger partial charge in [0.1, 0.15) is 0 Å². The van der Waals surface area contributed by atoms with Crippen molar-refractivity contribution in [1.82, 2.24) is 10.3 Å². The molecule has 4 heteroatoms. The standard InChI is InChI=1S/C18H20ClN3/c19-16-6-8-17(9-7-16)20-21-18-10-12-22(13-11-18)14-15-4-2-1-3-5-15/h1-10,20-21H,11-14H2. The molecule has 1 heterocycles. The van der Waals surface area contributed by atoms with Gasteiger partial charge < -0.3 is 10.9 Å². The van der Waals surface area contributed by atoms with Gasteiger partial charge in [0.2, 0.25) is 0 Å². The van der Waals surface area contributed by atoms with Gasteiger partial charge in [-0.3, -0.25) is 4.90 Å². The number of hydrogen-bond donors (Lipinski definition) is 2. The second-order valence-corrected chi connectivity index (χ2v) is 5.89. The molecule has 22 heavy (non-hydrogen) atoms. The van der Waals surface area contributed by atoms with Crippen LogP contribution in [0, 0.1) is 0 Å². The summed E-state index contributed by atoms with van der Waals surface area (Å²) in [5, 5.41) is 0.749. The van der Waals surface area contributed by atoms with Crippen molar-refractivity contribution in [1.29, 1.82) is 0 Å². The SMILES string of the molecule is Clc1ccc(NNC2=CCN(Cc3ccccc3)CC2)cc1. The quantitative estimate of drug-likeness (QED) is 0.816. The van der Waals surface area contributed by atoms with Gasteiger partial charge in [0.05, 0.1) is 5.69 Å². The van der Waals surface area contributed by atoms with Crippen LogP contribution in [0.5, 0.6) is 0 Å². The van der Waals surface area contributed by atoms with Gasteiger partial charge in [-0.05, 0) is 35.9 Å². The number of anilines is 1. The molecule has 0 saturated carbocycles. The highest BCUT2D eigenvalue weighted by Gasteiger charge is 2.11. The van der Waals surface area contributed by atoms with Gasteiger partial charge in [0.15, 0.2) is 0 Å². The maximum atomic E-state index is 5.88. The molecule has 2 aromatic rings. The zero-order chi connectivity index (χ0) is 15.2. The van der Waals surface area contributed by atoms with Crippen molar-refractivity contribution in [3.05, 3.63) is 77.0 Å². The third-order valence-electron chi connectivity index (χ3n) is 3.75. The highest BCUT2D eigenvalue weighted by atomic mass is 35.5. The molecule has 0 fully saturated rings. The first-order chi connectivity index (χ1) is 10.8. The first kappa shape index (κ1) is 14.9. The summed E-state index contributed by atoms with van der Waals surface area (Å²) < 4.78 is 0. The largest absolute Gasteiger partial charge is 0.305 e. The number of halogens is 1. The number of hydrazine groups is 1. The number of benzene rings is 2. The number of rotatable bonds is 5. The van der Waals surface area contributed by atoms with Crippen LogP contribution in [0.15, 0.2) is 66.4 Å². The Kier molecular flexibility index (Phi) is 4.99. The normalized spacial score (nSPS) is 15.2. The van der Waals surface area contributed by atoms with E-state index >= 15 is 0 Å². The van der Waals surface area contributed by atoms with Crippen molar-refractivity contribution in [2.75, 3.05) is 18.5 Å². The molecule has 0 radical (unpaired) electrons. The summed E-state index contributed by atoms with van der Waals surface area (Å²) in [4.78, 5) is 2.45. The molecule has 1 aliphatic rings. The average Bonchev–Trinajstić information content (AvgIpc) is 2.57. The van der Waals surface area contributed by atoms with E-state index in [-0.39, 0.29) is 0 Å². The zero-order valence-corrected chi connectivity index (χ0v) is 13.2. The van der Waals surface area contributed by atoms with Gasteiger partial charge in [-0.1, -0.05) is 41.9 Å². The second kappa shape index (κ2) is 7.34. The number of nitrogens with one attached hydrogen (secondary N) is 2. The molecule has 3 rings (SSSR count). The van der Waals surface area contributed by atoms with E-state index < -0.39 is 0 Å². The predicted octanol–water partition coefficient (Wildman–Crippen LogP) is 4.05. The molecular formula is C18H20ClN3. The van der Waals surface area contributed by atoms with Gasteiger partial charge in [0.25, 0.3) is 0 Å². The Bertz CT molecular complexity index is 623. The fourth-order valence-corrected chi connectivity index (χ4v) is 2.62. The lowest BCUT2D eigenvalue weighted by Gasteiger charge is -2.27. The van der Waals surface area contributed by atoms with Gasteiger partial charge >= 0.3 is 0 Å². The van der Waals surface area contributed by atoms with Crippen molar-refractivity contribution in [2.24, 2.45) is 0 Å². The van der Waals surface area contributed by atoms with Crippen LogP contribution in [0.4, 0.5) is 5.69 Å². The Morgan fingerprint density at radius 1 is 0.955 bits per heavy atom. The summed E-state index contributed by atoms with van der Waals surface area (Å²) in [5.41, 5.74) is 10.1. The lowest BCUT2D eigenvalue weighted by molar-refractivity contribution is 0.283. The monoisotopic (exact) mass is 313 g/mol. The van der Waals surface area contributed by atoms with Crippen LogP contribution >= 0.6 is 11.6 Å². The molecule has 0 amide bonds. The van der Waals surface area contributed by atoms with Crippen LogP contribution < -0.4 is 10.9 Å². The lowest BCUT2D eigenvalue weighted by atomic mass is 10.1. The summed E-state index contributed by atoms with van der Waals surface area (Å²) in [6.07, 6.45) is 3.27. The van der Waals surface area contributed by atoms with E-state index in [9.17, 15) is 0 Å². The zero-order valence-electron chi connectivity index (χ0n) is 12.4. The molecule has 0 aliphatic carbocycles. The van der Waals surface area contributed by atoms with Crippen LogP contribution in [-0.4, -0.2) is 18.0 Å². The highest BCUT2D eigenvalue weighted by Crippen LogP contribution is 2.15. The Balaban J connectivity index is 1.48. The van der Waals surface area contributed by atoms with E-state index in [0.717, 1.165) is 36.8 Å². The van der Waals surface area contributed by atoms with Crippen LogP contribution in [0.3, 0.4) is 0 Å². The minimum atomic E-state index is 0.749. The van der Waals surface area contributed by atoms with Crippen molar-refractivity contribution in [3.8, 4) is 0 Å². The lowest BCUT2D eigenvalue weighted by Crippen LogP contribution is -2.33. The van der Waals surface area contributed by atoms with Crippen molar-refractivity contribution in [2.45, 2.75) is 13.0 Å². The summed E-state index contributed by atoms with van der Waals surface area (Å²) in [6, 6.07) is 18.3. The molecule has 2 N–H and O–H groups in total. The van der Waals surface area contributed by atoms with E-state index in [4.69, 9.17) is 11.6 Å². The van der Waals surface area contributed by atoms with E-state index in [2.05, 4.69) is 52.2 Å². The Morgan fingerprint density at radius 2 is 1.73 bits per heavy atom. The van der Waals surface area contributed by atoms with Crippen molar-refractivity contribution in [3.63, 3.8) is 0 Å². The van der Waals surface area contributed by atoms with Gasteiger partial charge in [-0.15, -0.1) is 0 Å². The first-order valence-corrected chi connectivity index (χ1v) is 7.90. The van der Waals surface area contributed by atoms with Gasteiger partial charge in [-0.25, -0.2) is 0 Å². The number of hydrogen-bond acceptors (Lipinski definition) is 3. The van der Waals surface area contributed by atoms with E-state index in [1.54, 1.807) is 0 Å². The van der Waals surface area contributed by atoms with Crippen molar-refractivity contribution < 1.29 is 0 Å². The molecule has 0 atom stereocenters. The third kappa shape index (κ3) is 4.26. The van der Waals surface area contributed by atoms with Crippen LogP contribution in [-0.2, 0) is 6.54 Å². The molecule has 2 aromatic carbocycles. The summed E-state index contributed by atoms with van der Waals surface area (Å²) in [6.45, 7) is 3.05. The molecule has 0 spiro atoms. The Hall–Kier alpha value is -1.97. The van der Waals surface area contributed by atoms with E-state index in [1.807, 2.05) is 24.3 Å². The molecule has 3 nitrogen and oxygen atoms in total. The van der Waals surface area contributed by atoms with Crippen LogP contribution in [0.25, 0.3) is 0 Å². The minimum Gasteiger partial charge on any atom is -0.305 e. The van der Waals surface area contributed by atoms with E-state index in [1.165, 1.54) is 11.3 Å². The summed E-state index contributed by atoms with van der Waals surface area (Å²) in [7, 11) is 0. The van der Waals surface area contributed by atoms with Gasteiger partial charge in [-0.2, -0.15) is 0 Å². The molecule has 0 unspecified atom stereocenters. The molecule has 0 bridgehead atoms. The fraction of sp³-hybridized carbons (Fsp3) is 0.222. The minimum absolute atomic E-state index is 0.749. The highest BCUT2D eigenvalue weighted by molar-refractivity contribution is 6.30. The molecule has 0 aromatic heterocycles. The maximum absolute atomic E-state index is 5.88. The Labute approximate surface area is 136 Å². The average molecular weight is 314 g/mol. The number of nitrogens with zero attached hydrogens (tertiary/aromatic N) is 1. The third-order valence-corrected chi connectivity index (χ3v) is 4.01. The van der Waals surface area contributed by atoms with Crippen LogP contribution in [0.2, 0.25) is 5.02 Å². The predicted molar refractivity (Wildman–Crippen MR) is 92.6 cm³/mol. The molecule has 1 aliphatic heterocycles. The van der Waals surface area contributed by atoms with Gasteiger partial charge in [0, 0.05) is 36.8 Å². The van der Waals surface area contributed by atoms with Crippen molar-refractivity contribution >= 4 is 17.3 Å². The molecule has 0 saturated heterocycles. The smallest absolute Gasteiger partial charge is 0.0540 e. The second-order valence-electron chi connectivity index (χ2n) is 5.46. The maximum Gasteiger partial charge on any atom is 0.0540 e. The fourth-order valence-electron chi connectivity index (χ4n) is 2.50. The first-order valence-electron chi connectivity index (χ1n) is 7.52. The van der Waals surface area contributed by atoms with Crippen LogP contribution in [0.1, 0.15) is 12.0 Å². The molecular weight excluding hydrogens is 294 g/mol. The summed E-state index contributed by atoms with van der Waals surface area (Å²) >= 11 is 5.88. The topological polar surface area (TPSA) is 27.3 Å². The molecule has 114 valence electrons. The van der Waals surface area contributed by atoms with E-state index in [0.29, 0.717) is 0 Å². The summed E-state index contributed by atoms with van der Waals surface area (Å²) in [5.74, 6) is 0.